The van der Waals surface area contributed by atoms with Crippen LogP contribution in [0.4, 0.5) is 0 Å². The zero-order valence-corrected chi connectivity index (χ0v) is 11.5. The first-order chi connectivity index (χ1) is 8.20. The number of aromatic amines is 1. The zero-order valence-electron chi connectivity index (χ0n) is 9.90. The summed E-state index contributed by atoms with van der Waals surface area (Å²) >= 11 is 3.69. The van der Waals surface area contributed by atoms with Crippen LogP contribution in [0.25, 0.3) is 0 Å². The highest BCUT2D eigenvalue weighted by molar-refractivity contribution is 9.09. The van der Waals surface area contributed by atoms with E-state index in [4.69, 9.17) is 4.74 Å². The second kappa shape index (κ2) is 5.36. The molecule has 0 amide bonds. The molecule has 1 aromatic carbocycles. The van der Waals surface area contributed by atoms with Gasteiger partial charge in [0.25, 0.3) is 0 Å². The highest BCUT2D eigenvalue weighted by atomic mass is 79.9. The smallest absolute Gasteiger partial charge is 0.123 e. The van der Waals surface area contributed by atoms with E-state index in [1.54, 1.807) is 13.3 Å². The van der Waals surface area contributed by atoms with Gasteiger partial charge in [-0.3, -0.25) is 0 Å². The van der Waals surface area contributed by atoms with Crippen LogP contribution in [-0.2, 0) is 6.42 Å². The molecule has 0 aliphatic carbocycles. The monoisotopic (exact) mass is 294 g/mol. The lowest BCUT2D eigenvalue weighted by Crippen LogP contribution is -2.00. The molecule has 90 valence electrons. The number of benzene rings is 1. The summed E-state index contributed by atoms with van der Waals surface area (Å²) in [6, 6.07) is 6.19. The molecule has 0 fully saturated rings. The van der Waals surface area contributed by atoms with E-state index in [1.165, 1.54) is 5.56 Å². The molecule has 0 saturated carbocycles. The Labute approximate surface area is 109 Å². The third kappa shape index (κ3) is 2.88. The van der Waals surface area contributed by atoms with E-state index in [-0.39, 0.29) is 4.83 Å². The van der Waals surface area contributed by atoms with Gasteiger partial charge in [-0.05, 0) is 13.0 Å². The summed E-state index contributed by atoms with van der Waals surface area (Å²) in [5, 5.41) is 0. The first-order valence-corrected chi connectivity index (χ1v) is 6.39. The van der Waals surface area contributed by atoms with Crippen LogP contribution < -0.4 is 4.74 Å². The summed E-state index contributed by atoms with van der Waals surface area (Å²) in [5.41, 5.74) is 2.38. The van der Waals surface area contributed by atoms with Crippen molar-refractivity contribution in [3.63, 3.8) is 0 Å². The molecule has 17 heavy (non-hydrogen) atoms. The molecule has 2 rings (SSSR count). The minimum atomic E-state index is 0.198. The maximum atomic E-state index is 5.38. The molecule has 0 saturated heterocycles. The highest BCUT2D eigenvalue weighted by Gasteiger charge is 2.14. The van der Waals surface area contributed by atoms with Crippen LogP contribution in [-0.4, -0.2) is 17.1 Å². The Morgan fingerprint density at radius 2 is 2.29 bits per heavy atom. The first kappa shape index (κ1) is 12.2. The fourth-order valence-corrected chi connectivity index (χ4v) is 2.45. The molecule has 2 aromatic rings. The first-order valence-electron chi connectivity index (χ1n) is 5.47. The van der Waals surface area contributed by atoms with E-state index >= 15 is 0 Å². The molecule has 0 radical (unpaired) electrons. The molecular weight excluding hydrogens is 280 g/mol. The van der Waals surface area contributed by atoms with E-state index < -0.39 is 0 Å². The number of hydrogen-bond donors (Lipinski definition) is 1. The van der Waals surface area contributed by atoms with Crippen molar-refractivity contribution in [1.29, 1.82) is 0 Å². The Hall–Kier alpha value is -1.29. The Morgan fingerprint density at radius 1 is 1.47 bits per heavy atom. The number of ether oxygens (including phenoxy) is 1. The van der Waals surface area contributed by atoms with Crippen LogP contribution >= 0.6 is 15.9 Å². The molecule has 4 heteroatoms. The number of aryl methyl sites for hydroxylation is 1. The summed E-state index contributed by atoms with van der Waals surface area (Å²) in [6.45, 7) is 2.08. The number of aromatic nitrogens is 2. The number of rotatable bonds is 4. The quantitative estimate of drug-likeness (QED) is 0.878. The van der Waals surface area contributed by atoms with E-state index in [2.05, 4.69) is 45.0 Å². The molecule has 1 unspecified atom stereocenters. The van der Waals surface area contributed by atoms with Crippen molar-refractivity contribution in [1.82, 2.24) is 9.97 Å². The summed E-state index contributed by atoms with van der Waals surface area (Å²) in [6.07, 6.45) is 4.41. The molecule has 0 aliphatic rings. The number of nitrogens with one attached hydrogen (secondary N) is 1. The van der Waals surface area contributed by atoms with Crippen molar-refractivity contribution in [2.75, 3.05) is 7.11 Å². The van der Waals surface area contributed by atoms with E-state index in [1.807, 2.05) is 12.3 Å². The molecule has 0 aliphatic heterocycles. The largest absolute Gasteiger partial charge is 0.496 e. The van der Waals surface area contributed by atoms with Gasteiger partial charge >= 0.3 is 0 Å². The van der Waals surface area contributed by atoms with Gasteiger partial charge < -0.3 is 9.72 Å². The summed E-state index contributed by atoms with van der Waals surface area (Å²) < 4.78 is 5.38. The topological polar surface area (TPSA) is 37.9 Å². The van der Waals surface area contributed by atoms with Crippen molar-refractivity contribution in [3.05, 3.63) is 47.5 Å². The summed E-state index contributed by atoms with van der Waals surface area (Å²) in [4.78, 5) is 7.54. The summed E-state index contributed by atoms with van der Waals surface area (Å²) in [7, 11) is 1.70. The predicted molar refractivity (Wildman–Crippen MR) is 71.7 cm³/mol. The standard InChI is InChI=1S/C13H15BrN2O/c1-9-3-4-12(17-2)10(7-9)11(14)8-13-15-5-6-16-13/h3-7,11H,8H2,1-2H3,(H,15,16). The van der Waals surface area contributed by atoms with Crippen LogP contribution in [0.2, 0.25) is 0 Å². The average molecular weight is 295 g/mol. The van der Waals surface area contributed by atoms with Crippen molar-refractivity contribution >= 4 is 15.9 Å². The van der Waals surface area contributed by atoms with Gasteiger partial charge in [-0.2, -0.15) is 0 Å². The van der Waals surface area contributed by atoms with E-state index in [9.17, 15) is 0 Å². The van der Waals surface area contributed by atoms with Gasteiger partial charge in [0, 0.05) is 24.4 Å². The molecule has 1 N–H and O–H groups in total. The average Bonchev–Trinajstić information content (AvgIpc) is 2.81. The van der Waals surface area contributed by atoms with Crippen molar-refractivity contribution < 1.29 is 4.74 Å². The van der Waals surface area contributed by atoms with E-state index in [0.717, 1.165) is 23.6 Å². The van der Waals surface area contributed by atoms with Gasteiger partial charge in [0.15, 0.2) is 0 Å². The van der Waals surface area contributed by atoms with Crippen LogP contribution in [0.15, 0.2) is 30.6 Å². The number of hydrogen-bond acceptors (Lipinski definition) is 2. The highest BCUT2D eigenvalue weighted by Crippen LogP contribution is 2.33. The van der Waals surface area contributed by atoms with Crippen LogP contribution in [0.1, 0.15) is 21.8 Å². The van der Waals surface area contributed by atoms with Gasteiger partial charge in [-0.15, -0.1) is 0 Å². The number of methoxy groups -OCH3 is 1. The summed E-state index contributed by atoms with van der Waals surface area (Å²) in [5.74, 6) is 1.87. The second-order valence-electron chi connectivity index (χ2n) is 3.95. The van der Waals surface area contributed by atoms with Gasteiger partial charge in [0.05, 0.1) is 11.9 Å². The Morgan fingerprint density at radius 3 is 2.94 bits per heavy atom. The maximum Gasteiger partial charge on any atom is 0.123 e. The van der Waals surface area contributed by atoms with Crippen LogP contribution in [0.5, 0.6) is 5.75 Å². The van der Waals surface area contributed by atoms with Gasteiger partial charge in [0.1, 0.15) is 11.6 Å². The third-order valence-corrected chi connectivity index (χ3v) is 3.47. The number of nitrogens with zero attached hydrogens (tertiary/aromatic N) is 1. The fourth-order valence-electron chi connectivity index (χ4n) is 1.79. The normalized spacial score (nSPS) is 12.4. The Balaban J connectivity index is 2.23. The number of halogens is 1. The SMILES string of the molecule is COc1ccc(C)cc1C(Br)Cc1ncc[nH]1. The minimum Gasteiger partial charge on any atom is -0.496 e. The lowest BCUT2D eigenvalue weighted by molar-refractivity contribution is 0.409. The molecule has 0 spiro atoms. The molecule has 3 nitrogen and oxygen atoms in total. The van der Waals surface area contributed by atoms with Crippen LogP contribution in [0.3, 0.4) is 0 Å². The maximum absolute atomic E-state index is 5.38. The zero-order chi connectivity index (χ0) is 12.3. The van der Waals surface area contributed by atoms with Crippen molar-refractivity contribution in [2.24, 2.45) is 0 Å². The Kier molecular flexibility index (Phi) is 3.84. The van der Waals surface area contributed by atoms with Gasteiger partial charge in [0.2, 0.25) is 0 Å². The molecule has 1 atom stereocenters. The van der Waals surface area contributed by atoms with Gasteiger partial charge in [-0.1, -0.05) is 33.6 Å². The van der Waals surface area contributed by atoms with Crippen LogP contribution in [0, 0.1) is 6.92 Å². The predicted octanol–water partition coefficient (Wildman–Crippen LogP) is 3.41. The number of alkyl halides is 1. The Bertz CT molecular complexity index is 482. The molecule has 0 bridgehead atoms. The van der Waals surface area contributed by atoms with Crippen molar-refractivity contribution in [2.45, 2.75) is 18.2 Å². The third-order valence-electron chi connectivity index (χ3n) is 2.65. The number of H-pyrrole nitrogens is 1. The molecule has 1 aromatic heterocycles. The van der Waals surface area contributed by atoms with Gasteiger partial charge in [-0.25, -0.2) is 4.98 Å². The lowest BCUT2D eigenvalue weighted by atomic mass is 10.1. The fraction of sp³-hybridized carbons (Fsp3) is 0.308. The van der Waals surface area contributed by atoms with E-state index in [0.29, 0.717) is 0 Å². The minimum absolute atomic E-state index is 0.198. The molecule has 1 heterocycles. The number of imidazole rings is 1. The second-order valence-corrected chi connectivity index (χ2v) is 5.06. The lowest BCUT2D eigenvalue weighted by Gasteiger charge is -2.14. The molecular formula is C13H15BrN2O. The van der Waals surface area contributed by atoms with Crippen molar-refractivity contribution in [3.8, 4) is 5.75 Å².